The highest BCUT2D eigenvalue weighted by molar-refractivity contribution is 4.81. The van der Waals surface area contributed by atoms with Gasteiger partial charge in [-0.15, -0.1) is 0 Å². The molecular weight excluding hydrogens is 128 g/mol. The highest BCUT2D eigenvalue weighted by Crippen LogP contribution is 2.08. The summed E-state index contributed by atoms with van der Waals surface area (Å²) in [4.78, 5) is 0. The van der Waals surface area contributed by atoms with Crippen molar-refractivity contribution in [1.82, 2.24) is 5.32 Å². The van der Waals surface area contributed by atoms with E-state index < -0.39 is 0 Å². The Balaban J connectivity index is 2.24. The van der Waals surface area contributed by atoms with Gasteiger partial charge < -0.3 is 16.2 Å². The first-order chi connectivity index (χ1) is 4.84. The number of nitrogens with one attached hydrogen (secondary N) is 1. The van der Waals surface area contributed by atoms with Crippen LogP contribution in [0.4, 0.5) is 0 Å². The molecule has 1 aliphatic rings. The first kappa shape index (κ1) is 7.98. The molecule has 1 saturated heterocycles. The molecule has 2 unspecified atom stereocenters. The second kappa shape index (κ2) is 3.91. The molecule has 3 nitrogen and oxygen atoms in total. The van der Waals surface area contributed by atoms with E-state index in [9.17, 15) is 0 Å². The maximum atomic E-state index is 8.72. The maximum Gasteiger partial charge on any atom is 0.0597 e. The van der Waals surface area contributed by atoms with E-state index in [2.05, 4.69) is 5.32 Å². The van der Waals surface area contributed by atoms with Crippen molar-refractivity contribution < 1.29 is 5.11 Å². The van der Waals surface area contributed by atoms with E-state index >= 15 is 0 Å². The Labute approximate surface area is 61.6 Å². The van der Waals surface area contributed by atoms with Gasteiger partial charge in [-0.1, -0.05) is 6.42 Å². The van der Waals surface area contributed by atoms with Gasteiger partial charge in [-0.05, 0) is 19.4 Å². The minimum atomic E-state index is -0.0692. The van der Waals surface area contributed by atoms with E-state index in [1.54, 1.807) is 0 Å². The van der Waals surface area contributed by atoms with Crippen LogP contribution in [-0.2, 0) is 0 Å². The van der Waals surface area contributed by atoms with Gasteiger partial charge in [-0.3, -0.25) is 0 Å². The Hall–Kier alpha value is -0.120. The Bertz CT molecular complexity index is 91.6. The van der Waals surface area contributed by atoms with E-state index in [0.717, 1.165) is 13.0 Å². The summed E-state index contributed by atoms with van der Waals surface area (Å²) in [5.41, 5.74) is 5.64. The van der Waals surface area contributed by atoms with Gasteiger partial charge in [0.15, 0.2) is 0 Å². The second-order valence-corrected chi connectivity index (χ2v) is 2.90. The highest BCUT2D eigenvalue weighted by Gasteiger charge is 2.18. The molecule has 1 rings (SSSR count). The van der Waals surface area contributed by atoms with Crippen LogP contribution in [0.5, 0.6) is 0 Å². The van der Waals surface area contributed by atoms with Gasteiger partial charge >= 0.3 is 0 Å². The lowest BCUT2D eigenvalue weighted by Crippen LogP contribution is -2.49. The maximum absolute atomic E-state index is 8.72. The lowest BCUT2D eigenvalue weighted by molar-refractivity contribution is 0.221. The van der Waals surface area contributed by atoms with E-state index in [-0.39, 0.29) is 12.6 Å². The smallest absolute Gasteiger partial charge is 0.0597 e. The molecule has 1 fully saturated rings. The van der Waals surface area contributed by atoms with E-state index in [1.165, 1.54) is 12.8 Å². The fraction of sp³-hybridized carbons (Fsp3) is 1.00. The number of nitrogens with two attached hydrogens (primary N) is 1. The van der Waals surface area contributed by atoms with Crippen LogP contribution < -0.4 is 11.1 Å². The zero-order chi connectivity index (χ0) is 7.40. The van der Waals surface area contributed by atoms with Crippen LogP contribution >= 0.6 is 0 Å². The average molecular weight is 144 g/mol. The fourth-order valence-corrected chi connectivity index (χ4v) is 1.37. The summed E-state index contributed by atoms with van der Waals surface area (Å²) < 4.78 is 0. The van der Waals surface area contributed by atoms with Gasteiger partial charge in [0.2, 0.25) is 0 Å². The second-order valence-electron chi connectivity index (χ2n) is 2.90. The summed E-state index contributed by atoms with van der Waals surface area (Å²) in [6.45, 7) is 1.15. The molecule has 0 radical (unpaired) electrons. The normalized spacial score (nSPS) is 30.0. The molecule has 10 heavy (non-hydrogen) atoms. The van der Waals surface area contributed by atoms with Crippen molar-refractivity contribution in [2.45, 2.75) is 31.3 Å². The molecule has 0 aliphatic carbocycles. The number of rotatable bonds is 2. The lowest BCUT2D eigenvalue weighted by atomic mass is 9.99. The molecule has 0 amide bonds. The fourth-order valence-electron chi connectivity index (χ4n) is 1.37. The monoisotopic (exact) mass is 144 g/mol. The van der Waals surface area contributed by atoms with Crippen LogP contribution in [-0.4, -0.2) is 30.3 Å². The summed E-state index contributed by atoms with van der Waals surface area (Å²) in [5.74, 6) is 0. The minimum absolute atomic E-state index is 0.0692. The van der Waals surface area contributed by atoms with Gasteiger partial charge in [-0.2, -0.15) is 0 Å². The molecule has 0 aromatic rings. The SMILES string of the molecule is NC(CO)C1CCCCN1. The predicted octanol–water partition coefficient (Wildman–Crippen LogP) is -0.552. The zero-order valence-electron chi connectivity index (χ0n) is 6.21. The van der Waals surface area contributed by atoms with Gasteiger partial charge in [0.25, 0.3) is 0 Å². The number of aliphatic hydroxyl groups is 1. The molecule has 0 saturated carbocycles. The molecule has 2 atom stereocenters. The standard InChI is InChI=1S/C7H16N2O/c8-6(5-10)7-3-1-2-4-9-7/h6-7,9-10H,1-5,8H2. The zero-order valence-corrected chi connectivity index (χ0v) is 6.21. The van der Waals surface area contributed by atoms with E-state index in [0.29, 0.717) is 6.04 Å². The molecule has 0 aromatic heterocycles. The van der Waals surface area contributed by atoms with Crippen molar-refractivity contribution >= 4 is 0 Å². The Kier molecular flexibility index (Phi) is 3.12. The molecule has 1 aliphatic heterocycles. The minimum Gasteiger partial charge on any atom is -0.395 e. The van der Waals surface area contributed by atoms with Crippen LogP contribution in [0, 0.1) is 0 Å². The van der Waals surface area contributed by atoms with E-state index in [1.807, 2.05) is 0 Å². The Morgan fingerprint density at radius 2 is 2.40 bits per heavy atom. The summed E-state index contributed by atoms with van der Waals surface area (Å²) in [6, 6.07) is 0.277. The number of hydrogen-bond donors (Lipinski definition) is 3. The molecule has 60 valence electrons. The number of hydrogen-bond acceptors (Lipinski definition) is 3. The van der Waals surface area contributed by atoms with Gasteiger partial charge in [0.1, 0.15) is 0 Å². The summed E-state index contributed by atoms with van der Waals surface area (Å²) in [7, 11) is 0. The summed E-state index contributed by atoms with van der Waals surface area (Å²) in [6.07, 6.45) is 3.60. The molecule has 3 heteroatoms. The molecule has 0 spiro atoms. The third-order valence-corrected chi connectivity index (χ3v) is 2.08. The van der Waals surface area contributed by atoms with Crippen molar-refractivity contribution in [3.63, 3.8) is 0 Å². The average Bonchev–Trinajstić information content (AvgIpc) is 2.05. The van der Waals surface area contributed by atoms with Crippen molar-refractivity contribution in [3.05, 3.63) is 0 Å². The summed E-state index contributed by atoms with van der Waals surface area (Å²) in [5, 5.41) is 12.0. The third-order valence-electron chi connectivity index (χ3n) is 2.08. The molecule has 1 heterocycles. The Morgan fingerprint density at radius 1 is 1.60 bits per heavy atom. The summed E-state index contributed by atoms with van der Waals surface area (Å²) >= 11 is 0. The van der Waals surface area contributed by atoms with Gasteiger partial charge in [0.05, 0.1) is 6.61 Å². The van der Waals surface area contributed by atoms with Gasteiger partial charge in [-0.25, -0.2) is 0 Å². The first-order valence-corrected chi connectivity index (χ1v) is 3.94. The predicted molar refractivity (Wildman–Crippen MR) is 40.7 cm³/mol. The largest absolute Gasteiger partial charge is 0.395 e. The topological polar surface area (TPSA) is 58.3 Å². The van der Waals surface area contributed by atoms with Crippen molar-refractivity contribution in [3.8, 4) is 0 Å². The van der Waals surface area contributed by atoms with Crippen LogP contribution in [0.2, 0.25) is 0 Å². The van der Waals surface area contributed by atoms with Gasteiger partial charge in [0, 0.05) is 12.1 Å². The third kappa shape index (κ3) is 1.94. The van der Waals surface area contributed by atoms with Crippen LogP contribution in [0.3, 0.4) is 0 Å². The van der Waals surface area contributed by atoms with Crippen molar-refractivity contribution in [2.75, 3.05) is 13.2 Å². The highest BCUT2D eigenvalue weighted by atomic mass is 16.3. The number of aliphatic hydroxyl groups excluding tert-OH is 1. The van der Waals surface area contributed by atoms with Crippen molar-refractivity contribution in [2.24, 2.45) is 5.73 Å². The quantitative estimate of drug-likeness (QED) is 0.487. The number of piperidine rings is 1. The van der Waals surface area contributed by atoms with Crippen LogP contribution in [0.15, 0.2) is 0 Å². The first-order valence-electron chi connectivity index (χ1n) is 3.94. The lowest BCUT2D eigenvalue weighted by Gasteiger charge is -2.27. The van der Waals surface area contributed by atoms with Crippen LogP contribution in [0.1, 0.15) is 19.3 Å². The van der Waals surface area contributed by atoms with E-state index in [4.69, 9.17) is 10.8 Å². The Morgan fingerprint density at radius 3 is 2.90 bits per heavy atom. The molecule has 4 N–H and O–H groups in total. The van der Waals surface area contributed by atoms with Crippen LogP contribution in [0.25, 0.3) is 0 Å². The molecule has 0 aromatic carbocycles. The molecule has 0 bridgehead atoms. The van der Waals surface area contributed by atoms with Crippen molar-refractivity contribution in [1.29, 1.82) is 0 Å². The molecular formula is C7H16N2O.